The Kier molecular flexibility index (Phi) is 6.40. The van der Waals surface area contributed by atoms with Crippen molar-refractivity contribution in [2.45, 2.75) is 19.3 Å². The van der Waals surface area contributed by atoms with Gasteiger partial charge in [-0.05, 0) is 23.6 Å². The van der Waals surface area contributed by atoms with Crippen molar-refractivity contribution in [3.8, 4) is 5.75 Å². The summed E-state index contributed by atoms with van der Waals surface area (Å²) in [6.45, 7) is 6.50. The Bertz CT molecular complexity index is 596. The van der Waals surface area contributed by atoms with E-state index >= 15 is 0 Å². The zero-order valence-corrected chi connectivity index (χ0v) is 14.7. The van der Waals surface area contributed by atoms with E-state index in [-0.39, 0.29) is 5.41 Å². The second-order valence-electron chi connectivity index (χ2n) is 5.75. The normalized spacial score (nSPS) is 12.0. The Hall–Kier alpha value is -2.08. The molecule has 2 heterocycles. The Balaban J connectivity index is 1.71. The van der Waals surface area contributed by atoms with Crippen molar-refractivity contribution in [3.05, 3.63) is 46.9 Å². The molecule has 0 saturated carbocycles. The summed E-state index contributed by atoms with van der Waals surface area (Å²) in [7, 11) is 1.77. The van der Waals surface area contributed by atoms with Gasteiger partial charge in [0.1, 0.15) is 12.4 Å². The molecule has 0 amide bonds. The van der Waals surface area contributed by atoms with Crippen molar-refractivity contribution >= 4 is 17.3 Å². The van der Waals surface area contributed by atoms with Crippen LogP contribution in [0, 0.1) is 0 Å². The van der Waals surface area contributed by atoms with Crippen LogP contribution in [0.4, 0.5) is 0 Å². The molecule has 0 spiro atoms. The first-order valence-electron chi connectivity index (χ1n) is 7.63. The minimum atomic E-state index is 0.0675. The topological polar surface area (TPSA) is 58.5 Å². The van der Waals surface area contributed by atoms with Gasteiger partial charge >= 0.3 is 0 Å². The van der Waals surface area contributed by atoms with Gasteiger partial charge in [0.05, 0.1) is 12.7 Å². The van der Waals surface area contributed by atoms with Crippen molar-refractivity contribution in [1.29, 1.82) is 0 Å². The van der Waals surface area contributed by atoms with E-state index in [9.17, 15) is 0 Å². The summed E-state index contributed by atoms with van der Waals surface area (Å²) < 4.78 is 5.60. The molecule has 0 bridgehead atoms. The Morgan fingerprint density at radius 3 is 2.83 bits per heavy atom. The molecular weight excluding hydrogens is 308 g/mol. The lowest BCUT2D eigenvalue weighted by molar-refractivity contribution is 0.320. The summed E-state index contributed by atoms with van der Waals surface area (Å²) in [6, 6.07) is 8.01. The molecule has 5 nitrogen and oxygen atoms in total. The highest BCUT2D eigenvalue weighted by Gasteiger charge is 2.21. The highest BCUT2D eigenvalue weighted by Crippen LogP contribution is 2.26. The molecule has 2 N–H and O–H groups in total. The van der Waals surface area contributed by atoms with E-state index in [0.29, 0.717) is 13.2 Å². The van der Waals surface area contributed by atoms with Crippen LogP contribution >= 0.6 is 11.3 Å². The molecule has 6 heteroatoms. The maximum Gasteiger partial charge on any atom is 0.191 e. The summed E-state index contributed by atoms with van der Waals surface area (Å²) >= 11 is 1.78. The fourth-order valence-corrected chi connectivity index (χ4v) is 2.90. The monoisotopic (exact) mass is 332 g/mol. The highest BCUT2D eigenvalue weighted by atomic mass is 32.1. The van der Waals surface area contributed by atoms with Crippen LogP contribution in [0.25, 0.3) is 0 Å². The number of nitrogens with one attached hydrogen (secondary N) is 2. The van der Waals surface area contributed by atoms with Crippen LogP contribution < -0.4 is 15.4 Å². The second-order valence-corrected chi connectivity index (χ2v) is 6.70. The van der Waals surface area contributed by atoms with Gasteiger partial charge in [-0.2, -0.15) is 0 Å². The van der Waals surface area contributed by atoms with Crippen LogP contribution in [0.3, 0.4) is 0 Å². The number of nitrogens with zero attached hydrogens (tertiary/aromatic N) is 2. The zero-order chi connectivity index (χ0) is 16.5. The standard InChI is InChI=1S/C17H24N4OS/c1-17(2,15-7-5-11-23-15)13-21-16(18-3)20-9-10-22-14-6-4-8-19-12-14/h4-8,11-12H,9-10,13H2,1-3H3,(H2,18,20,21). The molecule has 0 radical (unpaired) electrons. The van der Waals surface area contributed by atoms with Crippen LogP contribution in [0.2, 0.25) is 0 Å². The van der Waals surface area contributed by atoms with E-state index in [1.165, 1.54) is 4.88 Å². The lowest BCUT2D eigenvalue weighted by atomic mass is 9.91. The first kappa shape index (κ1) is 17.3. The number of guanidine groups is 1. The number of ether oxygens (including phenoxy) is 1. The third kappa shape index (κ3) is 5.56. The quantitative estimate of drug-likeness (QED) is 0.465. The van der Waals surface area contributed by atoms with Crippen LogP contribution in [-0.4, -0.2) is 37.7 Å². The van der Waals surface area contributed by atoms with Crippen molar-refractivity contribution < 1.29 is 4.74 Å². The first-order valence-corrected chi connectivity index (χ1v) is 8.51. The van der Waals surface area contributed by atoms with Crippen molar-refractivity contribution in [1.82, 2.24) is 15.6 Å². The molecule has 0 aromatic carbocycles. The van der Waals surface area contributed by atoms with E-state index in [1.54, 1.807) is 30.8 Å². The molecule has 0 aliphatic heterocycles. The number of aliphatic imine (C=N–C) groups is 1. The van der Waals surface area contributed by atoms with E-state index in [2.05, 4.69) is 52.0 Å². The fraction of sp³-hybridized carbons (Fsp3) is 0.412. The second kappa shape index (κ2) is 8.53. The molecule has 2 aromatic heterocycles. The number of aromatic nitrogens is 1. The molecule has 0 aliphatic carbocycles. The number of hydrogen-bond acceptors (Lipinski definition) is 4. The van der Waals surface area contributed by atoms with Gasteiger partial charge in [-0.1, -0.05) is 19.9 Å². The third-order valence-electron chi connectivity index (χ3n) is 3.41. The van der Waals surface area contributed by atoms with Crippen LogP contribution in [0.5, 0.6) is 5.75 Å². The number of hydrogen-bond donors (Lipinski definition) is 2. The molecule has 23 heavy (non-hydrogen) atoms. The molecule has 2 aromatic rings. The smallest absolute Gasteiger partial charge is 0.191 e. The first-order chi connectivity index (χ1) is 11.1. The van der Waals surface area contributed by atoms with Gasteiger partial charge in [0.2, 0.25) is 0 Å². The summed E-state index contributed by atoms with van der Waals surface area (Å²) in [5, 5.41) is 8.74. The van der Waals surface area contributed by atoms with Gasteiger partial charge in [0.15, 0.2) is 5.96 Å². The van der Waals surface area contributed by atoms with Crippen LogP contribution in [0.1, 0.15) is 18.7 Å². The SMILES string of the molecule is CN=C(NCCOc1cccnc1)NCC(C)(C)c1cccs1. The third-order valence-corrected chi connectivity index (χ3v) is 4.64. The fourth-order valence-electron chi connectivity index (χ4n) is 2.05. The van der Waals surface area contributed by atoms with Gasteiger partial charge < -0.3 is 15.4 Å². The minimum absolute atomic E-state index is 0.0675. The predicted molar refractivity (Wildman–Crippen MR) is 96.4 cm³/mol. The number of pyridine rings is 1. The zero-order valence-electron chi connectivity index (χ0n) is 13.9. The largest absolute Gasteiger partial charge is 0.490 e. The molecule has 2 rings (SSSR count). The van der Waals surface area contributed by atoms with Gasteiger partial charge in [0, 0.05) is 30.1 Å². The molecule has 0 atom stereocenters. The van der Waals surface area contributed by atoms with Gasteiger partial charge in [-0.3, -0.25) is 9.98 Å². The van der Waals surface area contributed by atoms with Crippen LogP contribution in [0.15, 0.2) is 47.0 Å². The van der Waals surface area contributed by atoms with Gasteiger partial charge in [-0.15, -0.1) is 11.3 Å². The Morgan fingerprint density at radius 2 is 2.17 bits per heavy atom. The van der Waals surface area contributed by atoms with Crippen LogP contribution in [-0.2, 0) is 5.41 Å². The summed E-state index contributed by atoms with van der Waals surface area (Å²) in [5.74, 6) is 1.56. The molecular formula is C17H24N4OS. The lowest BCUT2D eigenvalue weighted by Crippen LogP contribution is -2.44. The van der Waals surface area contributed by atoms with Crippen molar-refractivity contribution in [3.63, 3.8) is 0 Å². The average molecular weight is 332 g/mol. The maximum atomic E-state index is 5.60. The van der Waals surface area contributed by atoms with Crippen molar-refractivity contribution in [2.75, 3.05) is 26.7 Å². The minimum Gasteiger partial charge on any atom is -0.490 e. The summed E-state index contributed by atoms with van der Waals surface area (Å²) in [5.41, 5.74) is 0.0675. The van der Waals surface area contributed by atoms with Gasteiger partial charge in [-0.25, -0.2) is 0 Å². The van der Waals surface area contributed by atoms with E-state index in [4.69, 9.17) is 4.74 Å². The van der Waals surface area contributed by atoms with E-state index < -0.39 is 0 Å². The Labute approximate surface area is 141 Å². The summed E-state index contributed by atoms with van der Waals surface area (Å²) in [6.07, 6.45) is 3.43. The average Bonchev–Trinajstić information content (AvgIpc) is 3.10. The molecule has 124 valence electrons. The molecule has 0 fully saturated rings. The lowest BCUT2D eigenvalue weighted by Gasteiger charge is -2.25. The Morgan fingerprint density at radius 1 is 1.30 bits per heavy atom. The van der Waals surface area contributed by atoms with Crippen molar-refractivity contribution in [2.24, 2.45) is 4.99 Å². The van der Waals surface area contributed by atoms with E-state index in [1.807, 2.05) is 12.1 Å². The summed E-state index contributed by atoms with van der Waals surface area (Å²) in [4.78, 5) is 9.62. The predicted octanol–water partition coefficient (Wildman–Crippen LogP) is 2.66. The van der Waals surface area contributed by atoms with E-state index in [0.717, 1.165) is 18.3 Å². The molecule has 0 saturated heterocycles. The number of rotatable bonds is 7. The molecule has 0 aliphatic rings. The molecule has 0 unspecified atom stereocenters. The highest BCUT2D eigenvalue weighted by molar-refractivity contribution is 7.10. The number of thiophene rings is 1. The van der Waals surface area contributed by atoms with Gasteiger partial charge in [0.25, 0.3) is 0 Å². The maximum absolute atomic E-state index is 5.60.